The average molecular weight is 243 g/mol. The van der Waals surface area contributed by atoms with Gasteiger partial charge >= 0.3 is 0 Å². The van der Waals surface area contributed by atoms with Crippen LogP contribution in [0.1, 0.15) is 69.8 Å². The first-order chi connectivity index (χ1) is 8.57. The first kappa shape index (κ1) is 13.3. The minimum absolute atomic E-state index is 0.301. The Kier molecular flexibility index (Phi) is 3.89. The number of allylic oxidation sites excluding steroid dienone is 1. The van der Waals surface area contributed by atoms with Gasteiger partial charge in [-0.05, 0) is 43.4 Å². The van der Waals surface area contributed by atoms with Crippen LogP contribution in [0.5, 0.6) is 0 Å². The molecule has 1 aliphatic rings. The molecule has 18 heavy (non-hydrogen) atoms. The van der Waals surface area contributed by atoms with E-state index >= 15 is 0 Å². The maximum atomic E-state index is 4.95. The molecule has 0 aliphatic heterocycles. The van der Waals surface area contributed by atoms with E-state index in [9.17, 15) is 0 Å². The number of aryl methyl sites for hydroxylation is 1. The normalized spacial score (nSPS) is 18.6. The zero-order valence-electron chi connectivity index (χ0n) is 12.1. The van der Waals surface area contributed by atoms with Gasteiger partial charge in [0.15, 0.2) is 0 Å². The Bertz CT molecular complexity index is 439. The lowest BCUT2D eigenvalue weighted by molar-refractivity contribution is 0.311. The van der Waals surface area contributed by atoms with E-state index in [4.69, 9.17) is 4.98 Å². The molecule has 0 saturated heterocycles. The number of rotatable bonds is 3. The smallest absolute Gasteiger partial charge is 0.0479 e. The molecule has 1 nitrogen and oxygen atoms in total. The predicted molar refractivity (Wildman–Crippen MR) is 78.8 cm³/mol. The lowest BCUT2D eigenvalue weighted by atomic mass is 9.73. The van der Waals surface area contributed by atoms with Crippen LogP contribution >= 0.6 is 0 Å². The molecule has 0 N–H and O–H groups in total. The number of aromatic nitrogens is 1. The van der Waals surface area contributed by atoms with E-state index in [1.165, 1.54) is 49.1 Å². The van der Waals surface area contributed by atoms with E-state index in [2.05, 4.69) is 39.5 Å². The van der Waals surface area contributed by atoms with Gasteiger partial charge in [0.2, 0.25) is 0 Å². The van der Waals surface area contributed by atoms with Gasteiger partial charge in [0.05, 0.1) is 0 Å². The molecule has 1 aromatic heterocycles. The number of pyridine rings is 1. The summed E-state index contributed by atoms with van der Waals surface area (Å²) < 4.78 is 0. The van der Waals surface area contributed by atoms with E-state index in [0.717, 1.165) is 12.0 Å². The molecule has 1 fully saturated rings. The summed E-state index contributed by atoms with van der Waals surface area (Å²) >= 11 is 0. The Morgan fingerprint density at radius 1 is 1.28 bits per heavy atom. The second-order valence-electron chi connectivity index (χ2n) is 5.95. The van der Waals surface area contributed by atoms with Crippen LogP contribution in [0.2, 0.25) is 0 Å². The van der Waals surface area contributed by atoms with E-state index in [1.807, 2.05) is 0 Å². The molecule has 0 amide bonds. The summed E-state index contributed by atoms with van der Waals surface area (Å²) in [5.74, 6) is 0. The standard InChI is InChI=1S/C17H25N/c1-5-15-14(13(2)3)9-10-16(18-15)17(4)11-7-6-8-12-17/h9-10H,2,5-8,11-12H2,1,3-4H3. The van der Waals surface area contributed by atoms with Crippen molar-refractivity contribution in [1.82, 2.24) is 4.98 Å². The summed E-state index contributed by atoms with van der Waals surface area (Å²) in [5.41, 5.74) is 5.17. The predicted octanol–water partition coefficient (Wildman–Crippen LogP) is 4.90. The Labute approximate surface area is 111 Å². The zero-order valence-corrected chi connectivity index (χ0v) is 12.1. The molecule has 1 heterocycles. The number of hydrogen-bond donors (Lipinski definition) is 0. The summed E-state index contributed by atoms with van der Waals surface area (Å²) in [4.78, 5) is 4.95. The van der Waals surface area contributed by atoms with Crippen LogP contribution in [-0.4, -0.2) is 4.98 Å². The van der Waals surface area contributed by atoms with Gasteiger partial charge in [0.1, 0.15) is 0 Å². The van der Waals surface area contributed by atoms with Gasteiger partial charge in [-0.2, -0.15) is 0 Å². The monoisotopic (exact) mass is 243 g/mol. The fourth-order valence-electron chi connectivity index (χ4n) is 3.08. The highest BCUT2D eigenvalue weighted by Gasteiger charge is 2.30. The second kappa shape index (κ2) is 5.26. The van der Waals surface area contributed by atoms with Crippen molar-refractivity contribution in [2.24, 2.45) is 0 Å². The third-order valence-electron chi connectivity index (χ3n) is 4.34. The maximum absolute atomic E-state index is 4.95. The minimum atomic E-state index is 0.301. The molecule has 0 spiro atoms. The number of nitrogens with zero attached hydrogens (tertiary/aromatic N) is 1. The van der Waals surface area contributed by atoms with Crippen LogP contribution in [0.4, 0.5) is 0 Å². The molecule has 0 aromatic carbocycles. The maximum Gasteiger partial charge on any atom is 0.0479 e. The summed E-state index contributed by atoms with van der Waals surface area (Å²) in [7, 11) is 0. The molecule has 0 bridgehead atoms. The van der Waals surface area contributed by atoms with Crippen LogP contribution < -0.4 is 0 Å². The highest BCUT2D eigenvalue weighted by Crippen LogP contribution is 2.38. The molecular formula is C17H25N. The topological polar surface area (TPSA) is 12.9 Å². The lowest BCUT2D eigenvalue weighted by Gasteiger charge is -2.33. The molecular weight excluding hydrogens is 218 g/mol. The molecule has 1 heteroatoms. The van der Waals surface area contributed by atoms with Gasteiger partial charge < -0.3 is 0 Å². The van der Waals surface area contributed by atoms with Crippen molar-refractivity contribution >= 4 is 5.57 Å². The summed E-state index contributed by atoms with van der Waals surface area (Å²) in [5, 5.41) is 0. The van der Waals surface area contributed by atoms with Crippen LogP contribution in [-0.2, 0) is 11.8 Å². The molecule has 1 aromatic rings. The summed E-state index contributed by atoms with van der Waals surface area (Å²) in [6.07, 6.45) is 7.65. The van der Waals surface area contributed by atoms with Crippen molar-refractivity contribution in [3.05, 3.63) is 35.7 Å². The third-order valence-corrected chi connectivity index (χ3v) is 4.34. The van der Waals surface area contributed by atoms with Gasteiger partial charge in [-0.1, -0.05) is 45.8 Å². The Morgan fingerprint density at radius 3 is 2.50 bits per heavy atom. The molecule has 0 atom stereocenters. The Morgan fingerprint density at radius 2 is 1.94 bits per heavy atom. The summed E-state index contributed by atoms with van der Waals surface area (Å²) in [6.45, 7) is 10.7. The Balaban J connectivity index is 2.37. The fraction of sp³-hybridized carbons (Fsp3) is 0.588. The van der Waals surface area contributed by atoms with Gasteiger partial charge in [0.25, 0.3) is 0 Å². The number of hydrogen-bond acceptors (Lipinski definition) is 1. The molecule has 0 radical (unpaired) electrons. The van der Waals surface area contributed by atoms with Gasteiger partial charge in [-0.15, -0.1) is 0 Å². The van der Waals surface area contributed by atoms with Crippen molar-refractivity contribution in [2.45, 2.75) is 64.7 Å². The van der Waals surface area contributed by atoms with E-state index < -0.39 is 0 Å². The quantitative estimate of drug-likeness (QED) is 0.736. The van der Waals surface area contributed by atoms with Crippen molar-refractivity contribution in [2.75, 3.05) is 0 Å². The Hall–Kier alpha value is -1.11. The fourth-order valence-corrected chi connectivity index (χ4v) is 3.08. The van der Waals surface area contributed by atoms with Crippen LogP contribution in [0.25, 0.3) is 5.57 Å². The molecule has 1 saturated carbocycles. The lowest BCUT2D eigenvalue weighted by Crippen LogP contribution is -2.26. The molecule has 1 aliphatic carbocycles. The first-order valence-electron chi connectivity index (χ1n) is 7.23. The molecule has 0 unspecified atom stereocenters. The summed E-state index contributed by atoms with van der Waals surface area (Å²) in [6, 6.07) is 4.46. The highest BCUT2D eigenvalue weighted by molar-refractivity contribution is 5.63. The molecule has 98 valence electrons. The molecule has 2 rings (SSSR count). The average Bonchev–Trinajstić information content (AvgIpc) is 2.38. The SMILES string of the molecule is C=C(C)c1ccc(C2(C)CCCCC2)nc1CC. The minimum Gasteiger partial charge on any atom is -0.257 e. The zero-order chi connectivity index (χ0) is 13.2. The van der Waals surface area contributed by atoms with Crippen LogP contribution in [0.3, 0.4) is 0 Å². The van der Waals surface area contributed by atoms with E-state index in [0.29, 0.717) is 5.41 Å². The van der Waals surface area contributed by atoms with Gasteiger partial charge in [0, 0.05) is 16.8 Å². The van der Waals surface area contributed by atoms with Crippen LogP contribution in [0, 0.1) is 0 Å². The van der Waals surface area contributed by atoms with Gasteiger partial charge in [-0.25, -0.2) is 0 Å². The third kappa shape index (κ3) is 2.50. The highest BCUT2D eigenvalue weighted by atomic mass is 14.7. The largest absolute Gasteiger partial charge is 0.257 e. The van der Waals surface area contributed by atoms with E-state index in [1.54, 1.807) is 0 Å². The van der Waals surface area contributed by atoms with E-state index in [-0.39, 0.29) is 0 Å². The van der Waals surface area contributed by atoms with Crippen molar-refractivity contribution < 1.29 is 0 Å². The van der Waals surface area contributed by atoms with Crippen LogP contribution in [0.15, 0.2) is 18.7 Å². The van der Waals surface area contributed by atoms with Gasteiger partial charge in [-0.3, -0.25) is 4.98 Å². The van der Waals surface area contributed by atoms with Crippen molar-refractivity contribution in [1.29, 1.82) is 0 Å². The van der Waals surface area contributed by atoms with Crippen molar-refractivity contribution in [3.63, 3.8) is 0 Å². The second-order valence-corrected chi connectivity index (χ2v) is 5.95. The van der Waals surface area contributed by atoms with Crippen molar-refractivity contribution in [3.8, 4) is 0 Å². The first-order valence-corrected chi connectivity index (χ1v) is 7.23.